The molecule has 104 valence electrons. The summed E-state index contributed by atoms with van der Waals surface area (Å²) >= 11 is 10.7. The van der Waals surface area contributed by atoms with Crippen LogP contribution >= 0.6 is 38.9 Å². The van der Waals surface area contributed by atoms with Crippen LogP contribution in [-0.4, -0.2) is 18.7 Å². The van der Waals surface area contributed by atoms with E-state index in [2.05, 4.69) is 26.5 Å². The Morgan fingerprint density at radius 2 is 2.35 bits per heavy atom. The fourth-order valence-electron chi connectivity index (χ4n) is 1.30. The van der Waals surface area contributed by atoms with Crippen molar-refractivity contribution in [3.63, 3.8) is 0 Å². The maximum atomic E-state index is 11.5. The van der Waals surface area contributed by atoms with Crippen LogP contribution in [0.4, 0.5) is 0 Å². The van der Waals surface area contributed by atoms with Gasteiger partial charge < -0.3 is 4.74 Å². The zero-order valence-electron chi connectivity index (χ0n) is 10.2. The lowest BCUT2D eigenvalue weighted by Crippen LogP contribution is -2.24. The molecule has 7 heteroatoms. The lowest BCUT2D eigenvalue weighted by atomic mass is 10.3. The van der Waals surface area contributed by atoms with E-state index in [4.69, 9.17) is 16.3 Å². The number of hydrogen-bond donors (Lipinski definition) is 1. The lowest BCUT2D eigenvalue weighted by molar-refractivity contribution is -0.123. The third kappa shape index (κ3) is 4.63. The molecule has 0 fully saturated rings. The number of rotatable bonds is 5. The summed E-state index contributed by atoms with van der Waals surface area (Å²) in [7, 11) is 0. The first-order chi connectivity index (χ1) is 9.65. The van der Waals surface area contributed by atoms with Crippen LogP contribution in [-0.2, 0) is 4.79 Å². The number of ether oxygens (including phenoxy) is 1. The molecule has 1 amide bonds. The number of hydrogen-bond acceptors (Lipinski definition) is 4. The Bertz CT molecular complexity index is 617. The van der Waals surface area contributed by atoms with Gasteiger partial charge in [0.1, 0.15) is 5.75 Å². The minimum atomic E-state index is -0.335. The van der Waals surface area contributed by atoms with Crippen molar-refractivity contribution in [1.82, 2.24) is 5.43 Å². The number of halogens is 2. The van der Waals surface area contributed by atoms with Crippen LogP contribution in [0.3, 0.4) is 0 Å². The molecule has 0 saturated heterocycles. The first kappa shape index (κ1) is 15.0. The van der Waals surface area contributed by atoms with Crippen LogP contribution < -0.4 is 10.2 Å². The predicted octanol–water partition coefficient (Wildman–Crippen LogP) is 3.69. The molecule has 1 N–H and O–H groups in total. The number of thiophene rings is 1. The van der Waals surface area contributed by atoms with Gasteiger partial charge in [0.25, 0.3) is 5.91 Å². The normalized spacial score (nSPS) is 10.7. The zero-order valence-corrected chi connectivity index (χ0v) is 13.3. The smallest absolute Gasteiger partial charge is 0.277 e. The number of carbonyl (C=O) groups is 1. The van der Waals surface area contributed by atoms with Gasteiger partial charge in [-0.1, -0.05) is 11.6 Å². The molecule has 0 atom stereocenters. The number of nitrogens with one attached hydrogen (secondary N) is 1. The lowest BCUT2D eigenvalue weighted by Gasteiger charge is -2.07. The first-order valence-electron chi connectivity index (χ1n) is 5.57. The summed E-state index contributed by atoms with van der Waals surface area (Å²) in [6, 6.07) is 6.98. The van der Waals surface area contributed by atoms with E-state index < -0.39 is 0 Å². The van der Waals surface area contributed by atoms with Crippen LogP contribution in [0.25, 0.3) is 0 Å². The molecule has 0 radical (unpaired) electrons. The average molecular weight is 374 g/mol. The van der Waals surface area contributed by atoms with Gasteiger partial charge in [-0.2, -0.15) is 16.4 Å². The monoisotopic (exact) mass is 372 g/mol. The van der Waals surface area contributed by atoms with Gasteiger partial charge in [-0.3, -0.25) is 4.79 Å². The molecule has 0 spiro atoms. The second kappa shape index (κ2) is 7.42. The number of nitrogens with zero attached hydrogens (tertiary/aromatic N) is 1. The number of amides is 1. The Kier molecular flexibility index (Phi) is 5.58. The quantitative estimate of drug-likeness (QED) is 0.642. The standard InChI is InChI=1S/C13H10BrClN2O2S/c14-11-5-10(15)1-2-12(11)19-7-13(18)17-16-6-9-3-4-20-8-9/h1-6,8H,7H2,(H,17,18)/b16-6+. The molecule has 1 heterocycles. The Morgan fingerprint density at radius 1 is 1.50 bits per heavy atom. The molecule has 4 nitrogen and oxygen atoms in total. The highest BCUT2D eigenvalue weighted by atomic mass is 79.9. The molecule has 2 aromatic rings. The van der Waals surface area contributed by atoms with Crippen molar-refractivity contribution in [3.05, 3.63) is 50.1 Å². The summed E-state index contributed by atoms with van der Waals surface area (Å²) in [6.45, 7) is -0.124. The molecule has 1 aromatic carbocycles. The molecule has 0 aliphatic rings. The summed E-state index contributed by atoms with van der Waals surface area (Å²) < 4.78 is 6.05. The van der Waals surface area contributed by atoms with Gasteiger partial charge in [0.05, 0.1) is 10.7 Å². The summed E-state index contributed by atoms with van der Waals surface area (Å²) in [5.74, 6) is 0.213. The minimum Gasteiger partial charge on any atom is -0.483 e. The molecule has 0 aliphatic heterocycles. The molecular formula is C13H10BrClN2O2S. The van der Waals surface area contributed by atoms with Gasteiger partial charge in [-0.05, 0) is 51.0 Å². The zero-order chi connectivity index (χ0) is 14.4. The van der Waals surface area contributed by atoms with E-state index in [1.807, 2.05) is 16.8 Å². The average Bonchev–Trinajstić information content (AvgIpc) is 2.91. The minimum absolute atomic E-state index is 0.124. The fourth-order valence-corrected chi connectivity index (χ4v) is 2.70. The first-order valence-corrected chi connectivity index (χ1v) is 7.68. The van der Waals surface area contributed by atoms with Gasteiger partial charge in [0, 0.05) is 10.6 Å². The van der Waals surface area contributed by atoms with Crippen molar-refractivity contribution < 1.29 is 9.53 Å². The van der Waals surface area contributed by atoms with E-state index in [0.717, 1.165) is 5.56 Å². The Balaban J connectivity index is 1.80. The fraction of sp³-hybridized carbons (Fsp3) is 0.0769. The number of hydrazone groups is 1. The van der Waals surface area contributed by atoms with Crippen molar-refractivity contribution >= 4 is 51.0 Å². The molecule has 0 unspecified atom stereocenters. The van der Waals surface area contributed by atoms with Crippen LogP contribution in [0, 0.1) is 0 Å². The molecule has 2 rings (SSSR count). The largest absolute Gasteiger partial charge is 0.483 e. The Labute approximate surface area is 133 Å². The van der Waals surface area contributed by atoms with Gasteiger partial charge in [0.15, 0.2) is 6.61 Å². The van der Waals surface area contributed by atoms with Crippen LogP contribution in [0.1, 0.15) is 5.56 Å². The molecular weight excluding hydrogens is 364 g/mol. The Morgan fingerprint density at radius 3 is 3.05 bits per heavy atom. The van der Waals surface area contributed by atoms with Crippen LogP contribution in [0.2, 0.25) is 5.02 Å². The second-order valence-electron chi connectivity index (χ2n) is 3.71. The Hall–Kier alpha value is -1.37. The van der Waals surface area contributed by atoms with Crippen molar-refractivity contribution in [2.24, 2.45) is 5.10 Å². The summed E-state index contributed by atoms with van der Waals surface area (Å²) in [4.78, 5) is 11.5. The third-order valence-electron chi connectivity index (χ3n) is 2.20. The van der Waals surface area contributed by atoms with E-state index in [1.165, 1.54) is 0 Å². The summed E-state index contributed by atoms with van der Waals surface area (Å²) in [5, 5.41) is 8.29. The van der Waals surface area contributed by atoms with E-state index in [9.17, 15) is 4.79 Å². The van der Waals surface area contributed by atoms with E-state index in [-0.39, 0.29) is 12.5 Å². The topological polar surface area (TPSA) is 50.7 Å². The molecule has 0 saturated carbocycles. The highest BCUT2D eigenvalue weighted by Crippen LogP contribution is 2.27. The second-order valence-corrected chi connectivity index (χ2v) is 5.78. The highest BCUT2D eigenvalue weighted by molar-refractivity contribution is 9.10. The molecule has 1 aromatic heterocycles. The molecule has 20 heavy (non-hydrogen) atoms. The van der Waals surface area contributed by atoms with Crippen molar-refractivity contribution in [2.75, 3.05) is 6.61 Å². The summed E-state index contributed by atoms with van der Waals surface area (Å²) in [6.07, 6.45) is 1.58. The third-order valence-corrected chi connectivity index (χ3v) is 3.76. The van der Waals surface area contributed by atoms with Crippen molar-refractivity contribution in [1.29, 1.82) is 0 Å². The molecule has 0 bridgehead atoms. The van der Waals surface area contributed by atoms with E-state index >= 15 is 0 Å². The predicted molar refractivity (Wildman–Crippen MR) is 84.7 cm³/mol. The maximum absolute atomic E-state index is 11.5. The van der Waals surface area contributed by atoms with E-state index in [0.29, 0.717) is 15.2 Å². The van der Waals surface area contributed by atoms with E-state index in [1.54, 1.807) is 35.8 Å². The van der Waals surface area contributed by atoms with Gasteiger partial charge >= 0.3 is 0 Å². The van der Waals surface area contributed by atoms with Gasteiger partial charge in [0.2, 0.25) is 0 Å². The maximum Gasteiger partial charge on any atom is 0.277 e. The summed E-state index contributed by atoms with van der Waals surface area (Å²) in [5.41, 5.74) is 3.33. The molecule has 0 aliphatic carbocycles. The van der Waals surface area contributed by atoms with Crippen LogP contribution in [0.15, 0.2) is 44.6 Å². The van der Waals surface area contributed by atoms with Gasteiger partial charge in [-0.15, -0.1) is 0 Å². The van der Waals surface area contributed by atoms with Gasteiger partial charge in [-0.25, -0.2) is 5.43 Å². The highest BCUT2D eigenvalue weighted by Gasteiger charge is 2.05. The number of carbonyl (C=O) groups excluding carboxylic acids is 1. The SMILES string of the molecule is O=C(COc1ccc(Cl)cc1Br)N/N=C/c1ccsc1. The van der Waals surface area contributed by atoms with Crippen molar-refractivity contribution in [2.45, 2.75) is 0 Å². The van der Waals surface area contributed by atoms with Crippen molar-refractivity contribution in [3.8, 4) is 5.75 Å². The van der Waals surface area contributed by atoms with Crippen LogP contribution in [0.5, 0.6) is 5.75 Å². The number of benzene rings is 1.